The summed E-state index contributed by atoms with van der Waals surface area (Å²) >= 11 is 0. The molecule has 3 saturated carbocycles. The Morgan fingerprint density at radius 1 is 0.981 bits per heavy atom. The van der Waals surface area contributed by atoms with E-state index >= 15 is 0 Å². The van der Waals surface area contributed by atoms with E-state index in [0.717, 1.165) is 76.2 Å². The fourth-order valence-corrected chi connectivity index (χ4v) is 10.4. The molecule has 6 atom stereocenters. The van der Waals surface area contributed by atoms with Crippen molar-refractivity contribution in [1.29, 1.82) is 0 Å². The van der Waals surface area contributed by atoms with Gasteiger partial charge in [-0.05, 0) is 80.9 Å². The molecule has 3 heterocycles. The highest BCUT2D eigenvalue weighted by Gasteiger charge is 2.62. The van der Waals surface area contributed by atoms with Crippen LogP contribution < -0.4 is 15.4 Å². The van der Waals surface area contributed by atoms with E-state index in [0.29, 0.717) is 25.9 Å². The third kappa shape index (κ3) is 7.76. The summed E-state index contributed by atoms with van der Waals surface area (Å²) in [5.41, 5.74) is 2.09. The van der Waals surface area contributed by atoms with Gasteiger partial charge in [0.1, 0.15) is 17.7 Å². The average molecular weight is 738 g/mol. The van der Waals surface area contributed by atoms with E-state index in [1.165, 1.54) is 11.1 Å². The maximum atomic E-state index is 14.8. The zero-order valence-corrected chi connectivity index (χ0v) is 31.3. The minimum atomic E-state index is -3.85. The van der Waals surface area contributed by atoms with Gasteiger partial charge >= 0.3 is 6.09 Å². The molecule has 7 rings (SSSR count). The Bertz CT molecular complexity index is 1670. The van der Waals surface area contributed by atoms with Crippen LogP contribution in [0.25, 0.3) is 0 Å². The van der Waals surface area contributed by atoms with Gasteiger partial charge in [0, 0.05) is 31.5 Å². The second-order valence-electron chi connectivity index (χ2n) is 16.2. The number of benzene rings is 1. The number of ether oxygens (including phenoxy) is 1. The van der Waals surface area contributed by atoms with Crippen LogP contribution in [0.4, 0.5) is 4.79 Å². The molecule has 13 heteroatoms. The summed E-state index contributed by atoms with van der Waals surface area (Å²) in [6.45, 7) is 6.89. The topological polar surface area (TPSA) is 154 Å². The second kappa shape index (κ2) is 15.1. The van der Waals surface area contributed by atoms with Gasteiger partial charge in [-0.3, -0.25) is 24.0 Å². The first kappa shape index (κ1) is 36.9. The molecule has 3 aliphatic heterocycles. The molecule has 4 bridgehead atoms. The van der Waals surface area contributed by atoms with Crippen LogP contribution in [-0.4, -0.2) is 83.6 Å². The number of amides is 4. The first-order valence-corrected chi connectivity index (χ1v) is 21.2. The fraction of sp³-hybridized carbons (Fsp3) is 0.692. The lowest BCUT2D eigenvalue weighted by atomic mass is 9.82. The molecule has 6 aliphatic rings. The maximum absolute atomic E-state index is 14.8. The quantitative estimate of drug-likeness (QED) is 0.352. The van der Waals surface area contributed by atoms with Gasteiger partial charge in [0.15, 0.2) is 0 Å². The number of sulfonamides is 1. The van der Waals surface area contributed by atoms with Gasteiger partial charge in [-0.1, -0.05) is 62.8 Å². The zero-order valence-electron chi connectivity index (χ0n) is 30.4. The van der Waals surface area contributed by atoms with Gasteiger partial charge in [-0.15, -0.1) is 6.58 Å². The van der Waals surface area contributed by atoms with Crippen LogP contribution >= 0.6 is 0 Å². The fourth-order valence-electron chi connectivity index (χ4n) is 9.03. The standard InChI is InChI=1S/C39H55N5O7S/c1-3-29-21-39(29,37(47)42-52(49,50)31-18-19-31)41-35(45)33-20-30-23-44(33)36(46)34(27-14-9-6-10-15-27)40-25(2)12-7-4-5-8-13-26-16-11-17-28-22-43(24-32(26)28)38(48)51-30/h3,11,16-17,25,27,29-31,33-34,40H,1,4-10,12-15,18-24H2,2H3,(H,41,45)(H,42,47)/t25-,29-,30-,33+,34+,39-/m1/s1. The molecule has 4 fully saturated rings. The SMILES string of the molecule is C=C[C@@H]1C[C@]1(NC(=O)[C@@H]1C[C@@H]2CN1C(=O)[C@H](C1CCCCC1)N[C@H](C)CCCCCCc1cccc3c1CN(C3)C(=O)O2)C(=O)NS(=O)(=O)C1CC1. The summed E-state index contributed by atoms with van der Waals surface area (Å²) in [7, 11) is -3.85. The lowest BCUT2D eigenvalue weighted by molar-refractivity contribution is -0.142. The van der Waals surface area contributed by atoms with Crippen LogP contribution in [0.1, 0.15) is 114 Å². The summed E-state index contributed by atoms with van der Waals surface area (Å²) in [4.78, 5) is 59.6. The van der Waals surface area contributed by atoms with Crippen molar-refractivity contribution in [2.75, 3.05) is 6.54 Å². The third-order valence-corrected chi connectivity index (χ3v) is 14.2. The number of rotatable bonds is 7. The Morgan fingerprint density at radius 2 is 1.69 bits per heavy atom. The molecular weight excluding hydrogens is 683 g/mol. The molecule has 4 amide bonds. The highest BCUT2D eigenvalue weighted by Crippen LogP contribution is 2.45. The predicted octanol–water partition coefficient (Wildman–Crippen LogP) is 4.21. The van der Waals surface area contributed by atoms with Gasteiger partial charge in [0.2, 0.25) is 21.8 Å². The van der Waals surface area contributed by atoms with Gasteiger partial charge in [-0.25, -0.2) is 13.2 Å². The molecule has 52 heavy (non-hydrogen) atoms. The van der Waals surface area contributed by atoms with Crippen molar-refractivity contribution in [1.82, 2.24) is 25.2 Å². The van der Waals surface area contributed by atoms with Crippen LogP contribution in [-0.2, 0) is 48.7 Å². The zero-order chi connectivity index (χ0) is 36.6. The monoisotopic (exact) mass is 737 g/mol. The summed E-state index contributed by atoms with van der Waals surface area (Å²) in [6, 6.07) is 4.84. The molecule has 3 aliphatic carbocycles. The Hall–Kier alpha value is -3.45. The van der Waals surface area contributed by atoms with E-state index < -0.39 is 62.8 Å². The molecule has 1 aromatic rings. The largest absolute Gasteiger partial charge is 0.444 e. The van der Waals surface area contributed by atoms with Crippen molar-refractivity contribution in [3.8, 4) is 0 Å². The number of nitrogens with zero attached hydrogens (tertiary/aromatic N) is 2. The normalized spacial score (nSPS) is 31.9. The van der Waals surface area contributed by atoms with Crippen molar-refractivity contribution in [2.45, 2.75) is 151 Å². The van der Waals surface area contributed by atoms with Crippen molar-refractivity contribution in [3.05, 3.63) is 47.5 Å². The molecule has 1 aromatic carbocycles. The van der Waals surface area contributed by atoms with Crippen molar-refractivity contribution in [2.24, 2.45) is 11.8 Å². The van der Waals surface area contributed by atoms with Crippen LogP contribution in [0.2, 0.25) is 0 Å². The number of aryl methyl sites for hydroxylation is 1. The van der Waals surface area contributed by atoms with Crippen molar-refractivity contribution in [3.63, 3.8) is 0 Å². The Morgan fingerprint density at radius 3 is 2.42 bits per heavy atom. The van der Waals surface area contributed by atoms with Crippen molar-refractivity contribution >= 4 is 33.8 Å². The number of carbonyl (C=O) groups is 4. The van der Waals surface area contributed by atoms with Crippen LogP contribution in [0.3, 0.4) is 0 Å². The van der Waals surface area contributed by atoms with Crippen LogP contribution in [0.15, 0.2) is 30.9 Å². The van der Waals surface area contributed by atoms with Gasteiger partial charge in [0.05, 0.1) is 17.8 Å². The first-order valence-electron chi connectivity index (χ1n) is 19.6. The maximum Gasteiger partial charge on any atom is 0.410 e. The summed E-state index contributed by atoms with van der Waals surface area (Å²) < 4.78 is 33.7. The number of nitrogens with one attached hydrogen (secondary N) is 3. The molecule has 3 N–H and O–H groups in total. The minimum absolute atomic E-state index is 0.0497. The summed E-state index contributed by atoms with van der Waals surface area (Å²) in [5.74, 6) is -1.90. The number of hydrogen-bond acceptors (Lipinski definition) is 8. The molecule has 0 spiro atoms. The molecule has 12 nitrogen and oxygen atoms in total. The summed E-state index contributed by atoms with van der Waals surface area (Å²) in [6.07, 6.45) is 12.9. The molecule has 0 unspecified atom stereocenters. The number of carbonyl (C=O) groups excluding carboxylic acids is 4. The van der Waals surface area contributed by atoms with E-state index in [1.54, 1.807) is 15.9 Å². The van der Waals surface area contributed by atoms with Crippen LogP contribution in [0, 0.1) is 11.8 Å². The molecule has 0 aromatic heterocycles. The molecule has 284 valence electrons. The average Bonchev–Trinajstić information content (AvgIpc) is 4.02. The Kier molecular flexibility index (Phi) is 10.7. The third-order valence-electron chi connectivity index (χ3n) is 12.4. The molecule has 0 radical (unpaired) electrons. The molecular formula is C39H55N5O7S. The second-order valence-corrected chi connectivity index (χ2v) is 18.2. The van der Waals surface area contributed by atoms with E-state index in [9.17, 15) is 27.6 Å². The van der Waals surface area contributed by atoms with Gasteiger partial charge in [-0.2, -0.15) is 0 Å². The van der Waals surface area contributed by atoms with Crippen LogP contribution in [0.5, 0.6) is 0 Å². The van der Waals surface area contributed by atoms with Gasteiger partial charge in [0.25, 0.3) is 5.91 Å². The predicted molar refractivity (Wildman–Crippen MR) is 195 cm³/mol. The first-order chi connectivity index (χ1) is 25.0. The Balaban J connectivity index is 1.15. The molecule has 1 saturated heterocycles. The summed E-state index contributed by atoms with van der Waals surface area (Å²) in [5, 5.41) is 5.95. The van der Waals surface area contributed by atoms with Gasteiger partial charge < -0.3 is 20.3 Å². The van der Waals surface area contributed by atoms with E-state index in [2.05, 4.69) is 47.1 Å². The number of hydrogen-bond donors (Lipinski definition) is 3. The van der Waals surface area contributed by atoms with E-state index in [1.807, 2.05) is 0 Å². The Labute approximate surface area is 307 Å². The van der Waals surface area contributed by atoms with Crippen molar-refractivity contribution < 1.29 is 32.3 Å². The van der Waals surface area contributed by atoms with E-state index in [4.69, 9.17) is 4.74 Å². The lowest BCUT2D eigenvalue weighted by Crippen LogP contribution is -2.59. The smallest absolute Gasteiger partial charge is 0.410 e. The lowest BCUT2D eigenvalue weighted by Gasteiger charge is -2.36. The highest BCUT2D eigenvalue weighted by molar-refractivity contribution is 7.91. The van der Waals surface area contributed by atoms with E-state index in [-0.39, 0.29) is 37.3 Å². The number of fused-ring (bicyclic) bond motifs is 3. The minimum Gasteiger partial charge on any atom is -0.444 e. The highest BCUT2D eigenvalue weighted by atomic mass is 32.2.